The van der Waals surface area contributed by atoms with E-state index in [1.165, 1.54) is 22.3 Å². The van der Waals surface area contributed by atoms with Gasteiger partial charge in [0, 0.05) is 18.6 Å². The van der Waals surface area contributed by atoms with Crippen LogP contribution in [0.25, 0.3) is 11.1 Å². The molecule has 0 aliphatic carbocycles. The van der Waals surface area contributed by atoms with Crippen LogP contribution in [-0.2, 0) is 4.74 Å². The van der Waals surface area contributed by atoms with E-state index >= 15 is 0 Å². The minimum absolute atomic E-state index is 0.387. The lowest BCUT2D eigenvalue weighted by Gasteiger charge is -2.20. The number of allylic oxidation sites excluding steroid dienone is 1. The lowest BCUT2D eigenvalue weighted by molar-refractivity contribution is -0.0562. The summed E-state index contributed by atoms with van der Waals surface area (Å²) < 4.78 is 11.7. The molecule has 0 aliphatic rings. The van der Waals surface area contributed by atoms with E-state index < -0.39 is 6.29 Å². The van der Waals surface area contributed by atoms with Crippen LogP contribution in [0.1, 0.15) is 43.6 Å². The molecule has 144 valence electrons. The zero-order chi connectivity index (χ0) is 19.9. The molecular formula is C26H28O2. The van der Waals surface area contributed by atoms with Crippen LogP contribution in [0.4, 0.5) is 0 Å². The summed E-state index contributed by atoms with van der Waals surface area (Å²) in [7, 11) is 1.67. The Labute approximate surface area is 168 Å². The van der Waals surface area contributed by atoms with Crippen LogP contribution in [0.15, 0.2) is 91.0 Å². The molecule has 0 radical (unpaired) electrons. The first-order valence-electron chi connectivity index (χ1n) is 9.72. The quantitative estimate of drug-likeness (QED) is 0.309. The third-order valence-corrected chi connectivity index (χ3v) is 5.03. The van der Waals surface area contributed by atoms with Gasteiger partial charge in [0.25, 0.3) is 0 Å². The van der Waals surface area contributed by atoms with Gasteiger partial charge < -0.3 is 9.47 Å². The van der Waals surface area contributed by atoms with Crippen LogP contribution in [0.3, 0.4) is 0 Å². The Morgan fingerprint density at radius 3 is 1.93 bits per heavy atom. The summed E-state index contributed by atoms with van der Waals surface area (Å²) in [6, 6.07) is 26.9. The van der Waals surface area contributed by atoms with Gasteiger partial charge in [-0.1, -0.05) is 85.8 Å². The molecule has 0 amide bonds. The lowest BCUT2D eigenvalue weighted by Crippen LogP contribution is -2.09. The molecule has 2 unspecified atom stereocenters. The fourth-order valence-corrected chi connectivity index (χ4v) is 3.49. The van der Waals surface area contributed by atoms with Gasteiger partial charge in [0.15, 0.2) is 0 Å². The first-order chi connectivity index (χ1) is 13.6. The molecule has 28 heavy (non-hydrogen) atoms. The molecule has 0 fully saturated rings. The van der Waals surface area contributed by atoms with E-state index in [-0.39, 0.29) is 0 Å². The zero-order valence-electron chi connectivity index (χ0n) is 16.9. The van der Waals surface area contributed by atoms with E-state index in [1.54, 1.807) is 7.11 Å². The van der Waals surface area contributed by atoms with Crippen molar-refractivity contribution in [2.24, 2.45) is 0 Å². The van der Waals surface area contributed by atoms with Crippen molar-refractivity contribution in [3.05, 3.63) is 102 Å². The monoisotopic (exact) mass is 372 g/mol. The number of rotatable bonds is 8. The van der Waals surface area contributed by atoms with Crippen LogP contribution in [0.5, 0.6) is 5.75 Å². The van der Waals surface area contributed by atoms with E-state index in [1.807, 2.05) is 30.3 Å². The van der Waals surface area contributed by atoms with Crippen LogP contribution < -0.4 is 4.74 Å². The molecule has 0 aromatic heterocycles. The zero-order valence-corrected chi connectivity index (χ0v) is 16.9. The summed E-state index contributed by atoms with van der Waals surface area (Å²) >= 11 is 0. The molecule has 2 heteroatoms. The summed E-state index contributed by atoms with van der Waals surface area (Å²) in [6.45, 7) is 8.37. The molecule has 2 atom stereocenters. The van der Waals surface area contributed by atoms with Gasteiger partial charge in [0.05, 0.1) is 0 Å². The van der Waals surface area contributed by atoms with Crippen molar-refractivity contribution in [1.29, 1.82) is 0 Å². The second-order valence-electron chi connectivity index (χ2n) is 7.05. The fourth-order valence-electron chi connectivity index (χ4n) is 3.49. The molecular weight excluding hydrogens is 344 g/mol. The second-order valence-corrected chi connectivity index (χ2v) is 7.05. The van der Waals surface area contributed by atoms with Crippen molar-refractivity contribution in [1.82, 2.24) is 0 Å². The molecule has 0 saturated carbocycles. The van der Waals surface area contributed by atoms with Gasteiger partial charge in [-0.05, 0) is 42.2 Å². The van der Waals surface area contributed by atoms with Crippen LogP contribution in [-0.4, -0.2) is 7.11 Å². The van der Waals surface area contributed by atoms with Crippen molar-refractivity contribution in [2.75, 3.05) is 7.11 Å². The Bertz CT molecular complexity index is 880. The standard InChI is InChI=1S/C26H28O2/c1-5-25(19(2)3)22-15-17-24(18-16-22)28-26(27-4)23-13-11-21(12-14-23)20-9-7-6-8-10-20/h6-18,25-26H,2,5H2,1,3-4H3. The number of benzene rings is 3. The molecule has 0 aliphatic heterocycles. The predicted molar refractivity (Wildman–Crippen MR) is 117 cm³/mol. The Balaban J connectivity index is 1.73. The van der Waals surface area contributed by atoms with Crippen molar-refractivity contribution in [3.8, 4) is 16.9 Å². The summed E-state index contributed by atoms with van der Waals surface area (Å²) in [5.41, 5.74) is 5.81. The summed E-state index contributed by atoms with van der Waals surface area (Å²) in [5, 5.41) is 0. The summed E-state index contributed by atoms with van der Waals surface area (Å²) in [5.74, 6) is 1.18. The first kappa shape index (κ1) is 19.9. The average Bonchev–Trinajstić information content (AvgIpc) is 2.74. The second kappa shape index (κ2) is 9.38. The molecule has 3 rings (SSSR count). The van der Waals surface area contributed by atoms with Crippen molar-refractivity contribution >= 4 is 0 Å². The number of methoxy groups -OCH3 is 1. The normalized spacial score (nSPS) is 13.0. The maximum Gasteiger partial charge on any atom is 0.226 e. The maximum absolute atomic E-state index is 6.08. The van der Waals surface area contributed by atoms with E-state index in [0.29, 0.717) is 5.92 Å². The highest BCUT2D eigenvalue weighted by atomic mass is 16.7. The number of ether oxygens (including phenoxy) is 2. The minimum Gasteiger partial charge on any atom is -0.461 e. The SMILES string of the molecule is C=C(C)C(CC)c1ccc(OC(OC)c2ccc(-c3ccccc3)cc2)cc1. The maximum atomic E-state index is 6.08. The van der Waals surface area contributed by atoms with Gasteiger partial charge in [0.1, 0.15) is 5.75 Å². The largest absolute Gasteiger partial charge is 0.461 e. The Kier molecular flexibility index (Phi) is 6.67. The van der Waals surface area contributed by atoms with Crippen molar-refractivity contribution in [2.45, 2.75) is 32.5 Å². The van der Waals surface area contributed by atoms with E-state index in [4.69, 9.17) is 9.47 Å². The molecule has 0 N–H and O–H groups in total. The third kappa shape index (κ3) is 4.71. The molecule has 3 aromatic rings. The third-order valence-electron chi connectivity index (χ3n) is 5.03. The minimum atomic E-state index is -0.446. The van der Waals surface area contributed by atoms with Gasteiger partial charge in [-0.25, -0.2) is 0 Å². The highest BCUT2D eigenvalue weighted by Gasteiger charge is 2.14. The molecule has 0 saturated heterocycles. The van der Waals surface area contributed by atoms with E-state index in [2.05, 4.69) is 69.0 Å². The smallest absolute Gasteiger partial charge is 0.226 e. The van der Waals surface area contributed by atoms with Crippen LogP contribution in [0.2, 0.25) is 0 Å². The first-order valence-corrected chi connectivity index (χ1v) is 9.72. The van der Waals surface area contributed by atoms with Gasteiger partial charge >= 0.3 is 0 Å². The summed E-state index contributed by atoms with van der Waals surface area (Å²) in [6.07, 6.45) is 0.600. The van der Waals surface area contributed by atoms with Gasteiger partial charge in [-0.3, -0.25) is 0 Å². The highest BCUT2D eigenvalue weighted by Crippen LogP contribution is 2.30. The fraction of sp³-hybridized carbons (Fsp3) is 0.231. The highest BCUT2D eigenvalue weighted by molar-refractivity contribution is 5.63. The Hall–Kier alpha value is -2.84. The van der Waals surface area contributed by atoms with E-state index in [9.17, 15) is 0 Å². The number of hydrogen-bond acceptors (Lipinski definition) is 2. The topological polar surface area (TPSA) is 18.5 Å². The Morgan fingerprint density at radius 2 is 1.39 bits per heavy atom. The summed E-state index contributed by atoms with van der Waals surface area (Å²) in [4.78, 5) is 0. The van der Waals surface area contributed by atoms with Crippen LogP contribution in [0, 0.1) is 0 Å². The molecule has 3 aromatic carbocycles. The molecule has 2 nitrogen and oxygen atoms in total. The van der Waals surface area contributed by atoms with Gasteiger partial charge in [-0.15, -0.1) is 0 Å². The van der Waals surface area contributed by atoms with Gasteiger partial charge in [-0.2, -0.15) is 0 Å². The average molecular weight is 373 g/mol. The van der Waals surface area contributed by atoms with Crippen molar-refractivity contribution < 1.29 is 9.47 Å². The lowest BCUT2D eigenvalue weighted by atomic mass is 9.91. The molecule has 0 bridgehead atoms. The molecule has 0 heterocycles. The Morgan fingerprint density at radius 1 is 0.821 bits per heavy atom. The van der Waals surface area contributed by atoms with Crippen LogP contribution >= 0.6 is 0 Å². The molecule has 0 spiro atoms. The van der Waals surface area contributed by atoms with E-state index in [0.717, 1.165) is 17.7 Å². The predicted octanol–water partition coefficient (Wildman–Crippen LogP) is 7.15. The van der Waals surface area contributed by atoms with Gasteiger partial charge in [0.2, 0.25) is 6.29 Å². The van der Waals surface area contributed by atoms with Crippen molar-refractivity contribution in [3.63, 3.8) is 0 Å². The number of hydrogen-bond donors (Lipinski definition) is 0.